The molecule has 0 saturated carbocycles. The highest BCUT2D eigenvalue weighted by Gasteiger charge is 2.15. The maximum absolute atomic E-state index is 12.8. The average Bonchev–Trinajstić information content (AvgIpc) is 2.61. The summed E-state index contributed by atoms with van der Waals surface area (Å²) in [5.74, 6) is -0.184. The van der Waals surface area contributed by atoms with E-state index in [0.717, 1.165) is 52.8 Å². The molecule has 0 saturated heterocycles. The summed E-state index contributed by atoms with van der Waals surface area (Å²) < 4.78 is 0.844. The van der Waals surface area contributed by atoms with Gasteiger partial charge in [-0.1, -0.05) is 36.2 Å². The van der Waals surface area contributed by atoms with Crippen LogP contribution in [0.15, 0.2) is 27.5 Å². The lowest BCUT2D eigenvalue weighted by molar-refractivity contribution is 0.0950. The third-order valence-corrected chi connectivity index (χ3v) is 4.95. The minimum atomic E-state index is -0.184. The number of H-pyrrole nitrogens is 1. The van der Waals surface area contributed by atoms with Gasteiger partial charge in [-0.25, -0.2) is 0 Å². The van der Waals surface area contributed by atoms with E-state index in [2.05, 4.69) is 45.4 Å². The van der Waals surface area contributed by atoms with Crippen molar-refractivity contribution in [3.63, 3.8) is 0 Å². The molecule has 0 radical (unpaired) electrons. The Kier molecular flexibility index (Phi) is 7.66. The molecule has 146 valence electrons. The summed E-state index contributed by atoms with van der Waals surface area (Å²) in [6.45, 7) is 9.04. The molecule has 1 aromatic carbocycles. The van der Waals surface area contributed by atoms with Gasteiger partial charge in [0.2, 0.25) is 0 Å². The maximum atomic E-state index is 12.8. The summed E-state index contributed by atoms with van der Waals surface area (Å²) in [6.07, 6.45) is 2.77. The fraction of sp³-hybridized carbons (Fsp3) is 0.429. The fourth-order valence-corrected chi connectivity index (χ4v) is 3.55. The molecule has 1 amide bonds. The summed E-state index contributed by atoms with van der Waals surface area (Å²) in [5, 5.41) is 6.27. The number of halogens is 1. The number of carbonyl (C=O) groups is 1. The Bertz CT molecular complexity index is 874. The lowest BCUT2D eigenvalue weighted by Gasteiger charge is -2.15. The molecule has 3 N–H and O–H groups in total. The Morgan fingerprint density at radius 3 is 2.56 bits per heavy atom. The number of anilines is 1. The summed E-state index contributed by atoms with van der Waals surface area (Å²) in [6, 6.07) is 5.78. The van der Waals surface area contributed by atoms with Gasteiger partial charge in [0.05, 0.1) is 0 Å². The van der Waals surface area contributed by atoms with Crippen LogP contribution in [0.1, 0.15) is 59.4 Å². The largest absolute Gasteiger partial charge is 0.385 e. The van der Waals surface area contributed by atoms with Gasteiger partial charge in [0.15, 0.2) is 0 Å². The molecule has 2 rings (SSSR count). The SMILES string of the molecule is CCCNc1cc(Br)cc(C(=O)NCc2c(CCC)cc(C)[nH]c2=O)c1C. The summed E-state index contributed by atoms with van der Waals surface area (Å²) in [7, 11) is 0. The van der Waals surface area contributed by atoms with Crippen molar-refractivity contribution < 1.29 is 4.79 Å². The minimum Gasteiger partial charge on any atom is -0.385 e. The molecule has 0 fully saturated rings. The standard InChI is InChI=1S/C21H28BrN3O2/c1-5-7-15-9-13(3)25-21(27)18(15)12-24-20(26)17-10-16(22)11-19(14(17)4)23-8-6-2/h9-11,23H,5-8,12H2,1-4H3,(H,24,26)(H,25,27). The van der Waals surface area contributed by atoms with Crippen molar-refractivity contribution in [2.24, 2.45) is 0 Å². The van der Waals surface area contributed by atoms with Crippen LogP contribution < -0.4 is 16.2 Å². The Balaban J connectivity index is 2.24. The van der Waals surface area contributed by atoms with Crippen LogP contribution in [-0.2, 0) is 13.0 Å². The van der Waals surface area contributed by atoms with E-state index < -0.39 is 0 Å². The van der Waals surface area contributed by atoms with Crippen LogP contribution in [0.5, 0.6) is 0 Å². The number of aryl methyl sites for hydroxylation is 2. The average molecular weight is 434 g/mol. The van der Waals surface area contributed by atoms with E-state index >= 15 is 0 Å². The molecule has 6 heteroatoms. The quantitative estimate of drug-likeness (QED) is 0.575. The first-order chi connectivity index (χ1) is 12.9. The third-order valence-electron chi connectivity index (χ3n) is 4.49. The highest BCUT2D eigenvalue weighted by molar-refractivity contribution is 9.10. The van der Waals surface area contributed by atoms with Crippen LogP contribution in [0, 0.1) is 13.8 Å². The van der Waals surface area contributed by atoms with Gasteiger partial charge in [-0.15, -0.1) is 0 Å². The number of rotatable bonds is 8. The Hall–Kier alpha value is -2.08. The number of aromatic nitrogens is 1. The van der Waals surface area contributed by atoms with Gasteiger partial charge in [-0.3, -0.25) is 9.59 Å². The highest BCUT2D eigenvalue weighted by atomic mass is 79.9. The van der Waals surface area contributed by atoms with E-state index in [1.165, 1.54) is 0 Å². The van der Waals surface area contributed by atoms with Crippen molar-refractivity contribution >= 4 is 27.5 Å². The Labute approximate surface area is 169 Å². The minimum absolute atomic E-state index is 0.130. The van der Waals surface area contributed by atoms with Crippen LogP contribution in [0.3, 0.4) is 0 Å². The van der Waals surface area contributed by atoms with Crippen molar-refractivity contribution in [2.75, 3.05) is 11.9 Å². The molecule has 0 unspecified atom stereocenters. The van der Waals surface area contributed by atoms with Crippen LogP contribution in [0.2, 0.25) is 0 Å². The summed E-state index contributed by atoms with van der Waals surface area (Å²) >= 11 is 3.48. The van der Waals surface area contributed by atoms with Gasteiger partial charge >= 0.3 is 0 Å². The molecule has 0 aliphatic heterocycles. The van der Waals surface area contributed by atoms with Crippen LogP contribution >= 0.6 is 15.9 Å². The van der Waals surface area contributed by atoms with Crippen LogP contribution in [-0.4, -0.2) is 17.4 Å². The summed E-state index contributed by atoms with van der Waals surface area (Å²) in [4.78, 5) is 28.0. The zero-order valence-electron chi connectivity index (χ0n) is 16.5. The maximum Gasteiger partial charge on any atom is 0.253 e. The summed E-state index contributed by atoms with van der Waals surface area (Å²) in [5.41, 5.74) is 4.78. The molecule has 2 aromatic rings. The molecule has 0 aliphatic carbocycles. The van der Waals surface area contributed by atoms with E-state index in [9.17, 15) is 9.59 Å². The zero-order valence-corrected chi connectivity index (χ0v) is 18.0. The van der Waals surface area contributed by atoms with Crippen LogP contribution in [0.4, 0.5) is 5.69 Å². The first kappa shape index (κ1) is 21.2. The number of carbonyl (C=O) groups excluding carboxylic acids is 1. The molecule has 0 bridgehead atoms. The van der Waals surface area contributed by atoms with Crippen molar-refractivity contribution in [2.45, 2.75) is 53.5 Å². The molecular weight excluding hydrogens is 406 g/mol. The van der Waals surface area contributed by atoms with E-state index in [1.54, 1.807) is 0 Å². The lowest BCUT2D eigenvalue weighted by Crippen LogP contribution is -2.29. The highest BCUT2D eigenvalue weighted by Crippen LogP contribution is 2.25. The molecule has 0 aliphatic rings. The molecule has 0 atom stereocenters. The fourth-order valence-electron chi connectivity index (χ4n) is 3.09. The van der Waals surface area contributed by atoms with E-state index in [4.69, 9.17) is 0 Å². The number of hydrogen-bond donors (Lipinski definition) is 3. The second-order valence-corrected chi connectivity index (χ2v) is 7.69. The van der Waals surface area contributed by atoms with Gasteiger partial charge < -0.3 is 15.6 Å². The predicted octanol–water partition coefficient (Wildman–Crippen LogP) is 4.46. The predicted molar refractivity (Wildman–Crippen MR) is 115 cm³/mol. The first-order valence-corrected chi connectivity index (χ1v) is 10.2. The first-order valence-electron chi connectivity index (χ1n) is 9.41. The smallest absolute Gasteiger partial charge is 0.253 e. The Morgan fingerprint density at radius 2 is 1.89 bits per heavy atom. The Morgan fingerprint density at radius 1 is 1.15 bits per heavy atom. The van der Waals surface area contributed by atoms with Crippen molar-refractivity contribution in [3.8, 4) is 0 Å². The van der Waals surface area contributed by atoms with Crippen molar-refractivity contribution in [1.82, 2.24) is 10.3 Å². The van der Waals surface area contributed by atoms with E-state index in [0.29, 0.717) is 11.1 Å². The number of aromatic amines is 1. The second-order valence-electron chi connectivity index (χ2n) is 6.77. The van der Waals surface area contributed by atoms with Crippen molar-refractivity contribution in [3.05, 3.63) is 61.0 Å². The molecule has 5 nitrogen and oxygen atoms in total. The van der Waals surface area contributed by atoms with Crippen LogP contribution in [0.25, 0.3) is 0 Å². The van der Waals surface area contributed by atoms with Crippen molar-refractivity contribution in [1.29, 1.82) is 0 Å². The molecule has 1 aromatic heterocycles. The van der Waals surface area contributed by atoms with Gasteiger partial charge in [0.1, 0.15) is 0 Å². The van der Waals surface area contributed by atoms with Gasteiger partial charge in [0, 0.05) is 40.1 Å². The number of benzene rings is 1. The van der Waals surface area contributed by atoms with Gasteiger partial charge in [-0.05, 0) is 56.0 Å². The molecular formula is C21H28BrN3O2. The molecule has 0 spiro atoms. The molecule has 1 heterocycles. The monoisotopic (exact) mass is 433 g/mol. The normalized spacial score (nSPS) is 10.7. The van der Waals surface area contributed by atoms with E-state index in [1.807, 2.05) is 32.0 Å². The lowest BCUT2D eigenvalue weighted by atomic mass is 10.0. The molecule has 27 heavy (non-hydrogen) atoms. The topological polar surface area (TPSA) is 74.0 Å². The van der Waals surface area contributed by atoms with E-state index in [-0.39, 0.29) is 18.0 Å². The number of pyridine rings is 1. The zero-order chi connectivity index (χ0) is 20.0. The van der Waals surface area contributed by atoms with Gasteiger partial charge in [0.25, 0.3) is 11.5 Å². The number of hydrogen-bond acceptors (Lipinski definition) is 3. The van der Waals surface area contributed by atoms with Gasteiger partial charge in [-0.2, -0.15) is 0 Å². The number of amides is 1. The third kappa shape index (κ3) is 5.45. The second kappa shape index (κ2) is 9.74. The number of nitrogens with one attached hydrogen (secondary N) is 3.